The molecule has 0 amide bonds. The first-order valence-corrected chi connectivity index (χ1v) is 6.49. The highest BCUT2D eigenvalue weighted by molar-refractivity contribution is 5.37. The molecule has 1 heteroatoms. The van der Waals surface area contributed by atoms with Crippen LogP contribution in [-0.4, -0.2) is 6.54 Å². The fourth-order valence-electron chi connectivity index (χ4n) is 3.12. The molecule has 0 unspecified atom stereocenters. The van der Waals surface area contributed by atoms with E-state index in [1.807, 2.05) is 0 Å². The molecule has 16 heavy (non-hydrogen) atoms. The summed E-state index contributed by atoms with van der Waals surface area (Å²) in [5.74, 6) is 0.597. The Hall–Kier alpha value is -0.820. The van der Waals surface area contributed by atoms with E-state index in [2.05, 4.69) is 38.1 Å². The van der Waals surface area contributed by atoms with E-state index in [1.54, 1.807) is 0 Å². The third-order valence-electron chi connectivity index (χ3n) is 4.11. The van der Waals surface area contributed by atoms with Gasteiger partial charge in [0, 0.05) is 12.0 Å². The maximum absolute atomic E-state index is 6.07. The normalized spacial score (nSPS) is 19.2. The zero-order chi connectivity index (χ0) is 11.6. The van der Waals surface area contributed by atoms with Crippen LogP contribution in [-0.2, 0) is 5.41 Å². The zero-order valence-electron chi connectivity index (χ0n) is 10.5. The number of benzene rings is 1. The average molecular weight is 217 g/mol. The van der Waals surface area contributed by atoms with E-state index in [1.165, 1.54) is 36.8 Å². The van der Waals surface area contributed by atoms with Crippen molar-refractivity contribution in [2.75, 3.05) is 6.54 Å². The van der Waals surface area contributed by atoms with Gasteiger partial charge in [-0.05, 0) is 29.9 Å². The Balaban J connectivity index is 2.45. The summed E-state index contributed by atoms with van der Waals surface area (Å²) in [7, 11) is 0. The molecule has 1 saturated carbocycles. The maximum Gasteiger partial charge on any atom is 0.00783 e. The van der Waals surface area contributed by atoms with Gasteiger partial charge in [0.25, 0.3) is 0 Å². The lowest BCUT2D eigenvalue weighted by Crippen LogP contribution is -2.33. The summed E-state index contributed by atoms with van der Waals surface area (Å²) in [5.41, 5.74) is 9.36. The van der Waals surface area contributed by atoms with Crippen molar-refractivity contribution < 1.29 is 0 Å². The largest absolute Gasteiger partial charge is 0.330 e. The second kappa shape index (κ2) is 4.58. The van der Waals surface area contributed by atoms with Crippen molar-refractivity contribution in [3.63, 3.8) is 0 Å². The second-order valence-corrected chi connectivity index (χ2v) is 5.43. The lowest BCUT2D eigenvalue weighted by Gasteiger charge is -2.31. The highest BCUT2D eigenvalue weighted by atomic mass is 14.6. The van der Waals surface area contributed by atoms with E-state index >= 15 is 0 Å². The van der Waals surface area contributed by atoms with Gasteiger partial charge in [0.05, 0.1) is 0 Å². The van der Waals surface area contributed by atoms with Crippen molar-refractivity contribution in [1.29, 1.82) is 0 Å². The molecule has 0 spiro atoms. The third-order valence-corrected chi connectivity index (χ3v) is 4.11. The van der Waals surface area contributed by atoms with E-state index in [4.69, 9.17) is 5.73 Å². The van der Waals surface area contributed by atoms with Crippen LogP contribution in [0.25, 0.3) is 0 Å². The van der Waals surface area contributed by atoms with Crippen LogP contribution in [0.15, 0.2) is 24.3 Å². The van der Waals surface area contributed by atoms with Crippen LogP contribution in [0.1, 0.15) is 56.6 Å². The summed E-state index contributed by atoms with van der Waals surface area (Å²) in [6, 6.07) is 8.89. The molecule has 1 aromatic rings. The predicted octanol–water partition coefficient (Wildman–Crippen LogP) is 3.58. The number of nitrogens with two attached hydrogens (primary N) is 1. The third kappa shape index (κ3) is 1.89. The van der Waals surface area contributed by atoms with E-state index in [0.29, 0.717) is 5.92 Å². The monoisotopic (exact) mass is 217 g/mol. The van der Waals surface area contributed by atoms with Gasteiger partial charge in [-0.2, -0.15) is 0 Å². The van der Waals surface area contributed by atoms with Gasteiger partial charge in [-0.15, -0.1) is 0 Å². The lowest BCUT2D eigenvalue weighted by atomic mass is 9.75. The average Bonchev–Trinajstić information content (AvgIpc) is 2.78. The second-order valence-electron chi connectivity index (χ2n) is 5.43. The molecule has 0 saturated heterocycles. The van der Waals surface area contributed by atoms with Crippen molar-refractivity contribution in [2.24, 2.45) is 5.73 Å². The molecule has 2 rings (SSSR count). The quantitative estimate of drug-likeness (QED) is 0.823. The van der Waals surface area contributed by atoms with Crippen molar-refractivity contribution in [2.45, 2.75) is 50.9 Å². The van der Waals surface area contributed by atoms with Gasteiger partial charge in [-0.25, -0.2) is 0 Å². The Morgan fingerprint density at radius 3 is 2.38 bits per heavy atom. The first kappa shape index (κ1) is 11.7. The van der Waals surface area contributed by atoms with Crippen LogP contribution in [0.4, 0.5) is 0 Å². The summed E-state index contributed by atoms with van der Waals surface area (Å²) in [5, 5.41) is 0. The molecule has 2 N–H and O–H groups in total. The van der Waals surface area contributed by atoms with E-state index in [-0.39, 0.29) is 5.41 Å². The standard InChI is InChI=1S/C15H23N/c1-12(2)13-7-3-4-8-14(13)15(11-16)9-5-6-10-15/h3-4,7-8,12H,5-6,9-11,16H2,1-2H3. The lowest BCUT2D eigenvalue weighted by molar-refractivity contribution is 0.447. The van der Waals surface area contributed by atoms with Crippen molar-refractivity contribution in [3.8, 4) is 0 Å². The Kier molecular flexibility index (Phi) is 3.34. The molecule has 0 radical (unpaired) electrons. The molecule has 0 bridgehead atoms. The molecule has 0 aromatic heterocycles. The van der Waals surface area contributed by atoms with Crippen LogP contribution >= 0.6 is 0 Å². The highest BCUT2D eigenvalue weighted by Crippen LogP contribution is 2.42. The van der Waals surface area contributed by atoms with Gasteiger partial charge < -0.3 is 5.73 Å². The SMILES string of the molecule is CC(C)c1ccccc1C1(CN)CCCC1. The number of hydrogen-bond donors (Lipinski definition) is 1. The predicted molar refractivity (Wildman–Crippen MR) is 69.7 cm³/mol. The molecular formula is C15H23N. The minimum Gasteiger partial charge on any atom is -0.330 e. The Morgan fingerprint density at radius 1 is 1.19 bits per heavy atom. The smallest absolute Gasteiger partial charge is 0.00783 e. The first-order chi connectivity index (χ1) is 7.69. The Morgan fingerprint density at radius 2 is 1.81 bits per heavy atom. The fraction of sp³-hybridized carbons (Fsp3) is 0.600. The Labute approximate surface area is 99.0 Å². The van der Waals surface area contributed by atoms with Crippen LogP contribution in [0.2, 0.25) is 0 Å². The van der Waals surface area contributed by atoms with E-state index in [9.17, 15) is 0 Å². The highest BCUT2D eigenvalue weighted by Gasteiger charge is 2.35. The van der Waals surface area contributed by atoms with Crippen LogP contribution in [0, 0.1) is 0 Å². The summed E-state index contributed by atoms with van der Waals surface area (Å²) in [4.78, 5) is 0. The number of rotatable bonds is 3. The molecular weight excluding hydrogens is 194 g/mol. The maximum atomic E-state index is 6.07. The van der Waals surface area contributed by atoms with E-state index in [0.717, 1.165) is 6.54 Å². The summed E-state index contributed by atoms with van der Waals surface area (Å²) in [6.45, 7) is 5.35. The molecule has 0 heterocycles. The minimum absolute atomic E-state index is 0.279. The van der Waals surface area contributed by atoms with Crippen LogP contribution in [0.5, 0.6) is 0 Å². The Bertz CT molecular complexity index is 348. The molecule has 0 atom stereocenters. The molecule has 1 nitrogen and oxygen atoms in total. The van der Waals surface area contributed by atoms with Gasteiger partial charge in [0.1, 0.15) is 0 Å². The molecule has 1 fully saturated rings. The summed E-state index contributed by atoms with van der Waals surface area (Å²) < 4.78 is 0. The molecule has 0 aliphatic heterocycles. The van der Waals surface area contributed by atoms with Gasteiger partial charge >= 0.3 is 0 Å². The molecule has 1 aliphatic carbocycles. The van der Waals surface area contributed by atoms with Gasteiger partial charge in [-0.3, -0.25) is 0 Å². The van der Waals surface area contributed by atoms with Gasteiger partial charge in [0.2, 0.25) is 0 Å². The zero-order valence-corrected chi connectivity index (χ0v) is 10.5. The topological polar surface area (TPSA) is 26.0 Å². The summed E-state index contributed by atoms with van der Waals surface area (Å²) in [6.07, 6.45) is 5.22. The molecule has 1 aliphatic rings. The van der Waals surface area contributed by atoms with Crippen molar-refractivity contribution in [1.82, 2.24) is 0 Å². The summed E-state index contributed by atoms with van der Waals surface area (Å²) >= 11 is 0. The van der Waals surface area contributed by atoms with Crippen LogP contribution < -0.4 is 5.73 Å². The molecule has 88 valence electrons. The van der Waals surface area contributed by atoms with Gasteiger partial charge in [-0.1, -0.05) is 51.0 Å². The first-order valence-electron chi connectivity index (χ1n) is 6.49. The van der Waals surface area contributed by atoms with Crippen LogP contribution in [0.3, 0.4) is 0 Å². The van der Waals surface area contributed by atoms with Crippen molar-refractivity contribution >= 4 is 0 Å². The van der Waals surface area contributed by atoms with Gasteiger partial charge in [0.15, 0.2) is 0 Å². The van der Waals surface area contributed by atoms with Crippen molar-refractivity contribution in [3.05, 3.63) is 35.4 Å². The molecule has 1 aromatic carbocycles. The number of hydrogen-bond acceptors (Lipinski definition) is 1. The van der Waals surface area contributed by atoms with E-state index < -0.39 is 0 Å². The fourth-order valence-corrected chi connectivity index (χ4v) is 3.12. The minimum atomic E-state index is 0.279.